The predicted octanol–water partition coefficient (Wildman–Crippen LogP) is 1.06. The van der Waals surface area contributed by atoms with Crippen molar-refractivity contribution in [1.29, 1.82) is 0 Å². The fourth-order valence-electron chi connectivity index (χ4n) is 3.15. The van der Waals surface area contributed by atoms with Gasteiger partial charge >= 0.3 is 5.97 Å². The molecule has 0 aromatic carbocycles. The molecule has 4 atom stereocenters. The molecule has 1 aromatic rings. The number of carbonyl (C=O) groups is 1. The second kappa shape index (κ2) is 4.51. The zero-order chi connectivity index (χ0) is 14.5. The van der Waals surface area contributed by atoms with Gasteiger partial charge in [0, 0.05) is 0 Å². The number of aromatic nitrogens is 4. The molecule has 1 aromatic heterocycles. The molecule has 2 heterocycles. The van der Waals surface area contributed by atoms with Crippen molar-refractivity contribution in [2.45, 2.75) is 58.3 Å². The number of hydrogen-bond acceptors (Lipinski definition) is 5. The van der Waals surface area contributed by atoms with E-state index in [1.54, 1.807) is 4.68 Å². The molecule has 7 nitrogen and oxygen atoms in total. The maximum Gasteiger partial charge on any atom is 0.311 e. The van der Waals surface area contributed by atoms with Crippen LogP contribution in [0.5, 0.6) is 0 Å². The molecular formula is C13H20N4O3. The average molecular weight is 280 g/mol. The van der Waals surface area contributed by atoms with Crippen molar-refractivity contribution in [1.82, 2.24) is 20.2 Å². The van der Waals surface area contributed by atoms with Gasteiger partial charge in [-0.15, -0.1) is 5.10 Å². The highest BCUT2D eigenvalue weighted by Gasteiger charge is 2.52. The molecule has 20 heavy (non-hydrogen) atoms. The summed E-state index contributed by atoms with van der Waals surface area (Å²) in [5, 5.41) is 21.2. The Morgan fingerprint density at radius 1 is 1.40 bits per heavy atom. The number of carboxylic acids is 1. The van der Waals surface area contributed by atoms with E-state index in [1.165, 1.54) is 0 Å². The Hall–Kier alpha value is -1.50. The molecule has 110 valence electrons. The van der Waals surface area contributed by atoms with Crippen LogP contribution >= 0.6 is 0 Å². The van der Waals surface area contributed by atoms with Crippen LogP contribution in [-0.2, 0) is 16.1 Å². The Bertz CT molecular complexity index is 525. The van der Waals surface area contributed by atoms with E-state index < -0.39 is 11.4 Å². The third-order valence-electron chi connectivity index (χ3n) is 4.86. The lowest BCUT2D eigenvalue weighted by atomic mass is 9.89. The molecule has 0 spiro atoms. The molecule has 7 heteroatoms. The topological polar surface area (TPSA) is 90.1 Å². The van der Waals surface area contributed by atoms with Gasteiger partial charge in [-0.1, -0.05) is 6.92 Å². The molecule has 3 rings (SSSR count). The van der Waals surface area contributed by atoms with E-state index in [4.69, 9.17) is 4.74 Å². The average Bonchev–Trinajstić information content (AvgIpc) is 2.96. The van der Waals surface area contributed by atoms with Crippen LogP contribution in [0.4, 0.5) is 0 Å². The Labute approximate surface area is 117 Å². The fraction of sp³-hybridized carbons (Fsp3) is 0.846. The van der Waals surface area contributed by atoms with Gasteiger partial charge < -0.3 is 9.84 Å². The summed E-state index contributed by atoms with van der Waals surface area (Å²) in [6.07, 6.45) is 1.61. The van der Waals surface area contributed by atoms with Crippen LogP contribution in [0, 0.1) is 11.3 Å². The van der Waals surface area contributed by atoms with Crippen LogP contribution < -0.4 is 0 Å². The maximum atomic E-state index is 11.3. The fourth-order valence-corrected chi connectivity index (χ4v) is 3.15. The lowest BCUT2D eigenvalue weighted by molar-refractivity contribution is -0.144. The van der Waals surface area contributed by atoms with Crippen LogP contribution in [-0.4, -0.2) is 43.5 Å². The highest BCUT2D eigenvalue weighted by molar-refractivity contribution is 5.77. The Kier molecular flexibility index (Phi) is 3.04. The van der Waals surface area contributed by atoms with Gasteiger partial charge in [-0.2, -0.15) is 0 Å². The number of nitrogens with zero attached hydrogens (tertiary/aromatic N) is 4. The monoisotopic (exact) mass is 280 g/mol. The van der Waals surface area contributed by atoms with Crippen LogP contribution in [0.2, 0.25) is 0 Å². The molecule has 1 N–H and O–H groups in total. The molecule has 2 fully saturated rings. The number of aliphatic carboxylic acids is 1. The van der Waals surface area contributed by atoms with E-state index in [9.17, 15) is 9.90 Å². The molecule has 1 aliphatic carbocycles. The first-order valence-corrected chi connectivity index (χ1v) is 7.09. The largest absolute Gasteiger partial charge is 0.481 e. The SMILES string of the molecule is CC1OC(C)C(c2nnnn2CC2(C(=O)O)CC2)C1C. The van der Waals surface area contributed by atoms with Crippen LogP contribution in [0.3, 0.4) is 0 Å². The first-order chi connectivity index (χ1) is 9.44. The van der Waals surface area contributed by atoms with Gasteiger partial charge in [0.25, 0.3) is 0 Å². The Morgan fingerprint density at radius 3 is 2.60 bits per heavy atom. The summed E-state index contributed by atoms with van der Waals surface area (Å²) < 4.78 is 7.50. The smallest absolute Gasteiger partial charge is 0.311 e. The molecule has 1 saturated heterocycles. The van der Waals surface area contributed by atoms with Crippen molar-refractivity contribution < 1.29 is 14.6 Å². The minimum Gasteiger partial charge on any atom is -0.481 e. The molecule has 1 aliphatic heterocycles. The van der Waals surface area contributed by atoms with Crippen LogP contribution in [0.25, 0.3) is 0 Å². The third-order valence-corrected chi connectivity index (χ3v) is 4.86. The normalized spacial score (nSPS) is 35.1. The summed E-state index contributed by atoms with van der Waals surface area (Å²) in [5.74, 6) is 0.428. The second-order valence-electron chi connectivity index (χ2n) is 6.21. The van der Waals surface area contributed by atoms with Crippen LogP contribution in [0.1, 0.15) is 45.4 Å². The van der Waals surface area contributed by atoms with Crippen molar-refractivity contribution in [3.05, 3.63) is 5.82 Å². The van der Waals surface area contributed by atoms with E-state index in [2.05, 4.69) is 29.4 Å². The quantitative estimate of drug-likeness (QED) is 0.887. The van der Waals surface area contributed by atoms with E-state index >= 15 is 0 Å². The molecule has 0 radical (unpaired) electrons. The molecular weight excluding hydrogens is 260 g/mol. The summed E-state index contributed by atoms with van der Waals surface area (Å²) in [6, 6.07) is 0. The maximum absolute atomic E-state index is 11.3. The minimum atomic E-state index is -0.754. The lowest BCUT2D eigenvalue weighted by Crippen LogP contribution is -2.26. The molecule has 0 amide bonds. The number of hydrogen-bond donors (Lipinski definition) is 1. The molecule has 4 unspecified atom stereocenters. The van der Waals surface area contributed by atoms with Gasteiger partial charge in [-0.05, 0) is 43.0 Å². The van der Waals surface area contributed by atoms with Gasteiger partial charge in [0.05, 0.1) is 30.1 Å². The van der Waals surface area contributed by atoms with Crippen molar-refractivity contribution in [2.75, 3.05) is 0 Å². The third kappa shape index (κ3) is 2.00. The number of ether oxygens (including phenoxy) is 1. The number of tetrazole rings is 1. The number of rotatable bonds is 4. The molecule has 1 saturated carbocycles. The Morgan fingerprint density at radius 2 is 2.10 bits per heavy atom. The Balaban J connectivity index is 1.86. The van der Waals surface area contributed by atoms with E-state index in [0.29, 0.717) is 25.3 Å². The first-order valence-electron chi connectivity index (χ1n) is 7.09. The van der Waals surface area contributed by atoms with Crippen molar-refractivity contribution in [2.24, 2.45) is 11.3 Å². The van der Waals surface area contributed by atoms with Gasteiger partial charge in [0.2, 0.25) is 0 Å². The zero-order valence-electron chi connectivity index (χ0n) is 12.0. The van der Waals surface area contributed by atoms with Gasteiger partial charge in [0.15, 0.2) is 5.82 Å². The molecule has 2 aliphatic rings. The highest BCUT2D eigenvalue weighted by atomic mass is 16.5. The zero-order valence-corrected chi connectivity index (χ0v) is 12.0. The standard InChI is InChI=1S/C13H20N4O3/c1-7-8(2)20-9(3)10(7)11-14-15-16-17(11)6-13(4-5-13)12(18)19/h7-10H,4-6H2,1-3H3,(H,18,19). The van der Waals surface area contributed by atoms with Crippen molar-refractivity contribution in [3.8, 4) is 0 Å². The highest BCUT2D eigenvalue weighted by Crippen LogP contribution is 2.48. The van der Waals surface area contributed by atoms with E-state index in [1.807, 2.05) is 6.92 Å². The van der Waals surface area contributed by atoms with Crippen molar-refractivity contribution >= 4 is 5.97 Å². The van der Waals surface area contributed by atoms with Gasteiger partial charge in [-0.3, -0.25) is 4.79 Å². The van der Waals surface area contributed by atoms with E-state index in [-0.39, 0.29) is 18.1 Å². The molecule has 0 bridgehead atoms. The lowest BCUT2D eigenvalue weighted by Gasteiger charge is -2.19. The van der Waals surface area contributed by atoms with Crippen molar-refractivity contribution in [3.63, 3.8) is 0 Å². The van der Waals surface area contributed by atoms with E-state index in [0.717, 1.165) is 5.82 Å². The first kappa shape index (κ1) is 13.5. The predicted molar refractivity (Wildman–Crippen MR) is 69.0 cm³/mol. The summed E-state index contributed by atoms with van der Waals surface area (Å²) in [5.41, 5.74) is -0.665. The van der Waals surface area contributed by atoms with Crippen LogP contribution in [0.15, 0.2) is 0 Å². The summed E-state index contributed by atoms with van der Waals surface area (Å²) in [4.78, 5) is 11.3. The number of carboxylic acid groups (broad SMARTS) is 1. The summed E-state index contributed by atoms with van der Waals surface area (Å²) in [7, 11) is 0. The van der Waals surface area contributed by atoms with Gasteiger partial charge in [-0.25, -0.2) is 4.68 Å². The summed E-state index contributed by atoms with van der Waals surface area (Å²) >= 11 is 0. The second-order valence-corrected chi connectivity index (χ2v) is 6.21. The van der Waals surface area contributed by atoms with Gasteiger partial charge in [0.1, 0.15) is 0 Å². The summed E-state index contributed by atoms with van der Waals surface area (Å²) in [6.45, 7) is 6.56. The minimum absolute atomic E-state index is 0.0460.